The molecule has 1 saturated heterocycles. The van der Waals surface area contributed by atoms with Crippen LogP contribution in [0.15, 0.2) is 16.8 Å². The van der Waals surface area contributed by atoms with Crippen LogP contribution < -0.4 is 11.1 Å². The third kappa shape index (κ3) is 1.21. The first-order chi connectivity index (χ1) is 6.20. The van der Waals surface area contributed by atoms with Gasteiger partial charge in [-0.15, -0.1) is 0 Å². The summed E-state index contributed by atoms with van der Waals surface area (Å²) in [6, 6.07) is -0.488. The fourth-order valence-electron chi connectivity index (χ4n) is 1.71. The Bertz CT molecular complexity index is 297. The Morgan fingerprint density at radius 1 is 1.85 bits per heavy atom. The largest absolute Gasteiger partial charge is 0.368 e. The molecule has 0 aromatic heterocycles. The number of aliphatic imine (C=N–C) groups is 1. The Hall–Kier alpha value is -1.36. The number of nitrogens with zero attached hydrogens (tertiary/aromatic N) is 2. The Balaban J connectivity index is 2.27. The third-order valence-corrected chi connectivity index (χ3v) is 2.41. The molecule has 3 N–H and O–H groups in total. The molecule has 0 bridgehead atoms. The zero-order chi connectivity index (χ0) is 9.42. The molecule has 70 valence electrons. The zero-order valence-corrected chi connectivity index (χ0v) is 7.40. The van der Waals surface area contributed by atoms with Crippen molar-refractivity contribution in [2.75, 3.05) is 13.7 Å². The minimum Gasteiger partial charge on any atom is -0.368 e. The van der Waals surface area contributed by atoms with Crippen molar-refractivity contribution in [1.82, 2.24) is 10.2 Å². The molecular weight excluding hydrogens is 168 g/mol. The van der Waals surface area contributed by atoms with Crippen LogP contribution in [0.3, 0.4) is 0 Å². The number of carbonyl (C=O) groups excluding carboxylic acids is 1. The monoisotopic (exact) mass is 180 g/mol. The number of carbonyl (C=O) groups is 1. The average molecular weight is 180 g/mol. The predicted octanol–water partition coefficient (Wildman–Crippen LogP) is -1.33. The number of primary amides is 1. The van der Waals surface area contributed by atoms with Gasteiger partial charge in [-0.3, -0.25) is 15.1 Å². The second-order valence-corrected chi connectivity index (χ2v) is 3.27. The molecule has 2 heterocycles. The van der Waals surface area contributed by atoms with E-state index in [-0.39, 0.29) is 11.9 Å². The van der Waals surface area contributed by atoms with E-state index in [4.69, 9.17) is 5.73 Å². The quantitative estimate of drug-likeness (QED) is 0.525. The topological polar surface area (TPSA) is 70.7 Å². The van der Waals surface area contributed by atoms with Crippen LogP contribution in [0, 0.1) is 0 Å². The fourth-order valence-corrected chi connectivity index (χ4v) is 1.71. The van der Waals surface area contributed by atoms with Gasteiger partial charge in [0.05, 0.1) is 12.7 Å². The van der Waals surface area contributed by atoms with Gasteiger partial charge in [0.15, 0.2) is 0 Å². The van der Waals surface area contributed by atoms with Gasteiger partial charge in [-0.2, -0.15) is 0 Å². The Kier molecular flexibility index (Phi) is 1.81. The number of rotatable bonds is 1. The average Bonchev–Trinajstić information content (AvgIpc) is 2.48. The molecule has 0 saturated carbocycles. The number of likely N-dealkylation sites (N-methyl/N-ethyl adjacent to an activating group) is 1. The number of fused-ring (bicyclic) bond motifs is 1. The normalized spacial score (nSPS) is 31.5. The maximum atomic E-state index is 11.0. The lowest BCUT2D eigenvalue weighted by Crippen LogP contribution is -2.44. The first kappa shape index (κ1) is 8.25. The van der Waals surface area contributed by atoms with E-state index in [1.807, 2.05) is 18.0 Å². The Morgan fingerprint density at radius 2 is 2.62 bits per heavy atom. The van der Waals surface area contributed by atoms with Crippen LogP contribution in [0.2, 0.25) is 0 Å². The van der Waals surface area contributed by atoms with Crippen LogP contribution in [0.4, 0.5) is 0 Å². The molecule has 0 aromatic rings. The van der Waals surface area contributed by atoms with E-state index in [2.05, 4.69) is 10.3 Å². The van der Waals surface area contributed by atoms with Crippen molar-refractivity contribution in [3.05, 3.63) is 11.8 Å². The smallest absolute Gasteiger partial charge is 0.244 e. The molecule has 1 amide bonds. The van der Waals surface area contributed by atoms with E-state index in [1.54, 1.807) is 6.21 Å². The molecular formula is C8H12N4O. The van der Waals surface area contributed by atoms with Gasteiger partial charge in [-0.1, -0.05) is 0 Å². The van der Waals surface area contributed by atoms with Gasteiger partial charge >= 0.3 is 0 Å². The van der Waals surface area contributed by atoms with Crippen molar-refractivity contribution < 1.29 is 4.79 Å². The summed E-state index contributed by atoms with van der Waals surface area (Å²) in [5.41, 5.74) is 6.31. The fraction of sp³-hybridized carbons (Fsp3) is 0.500. The Morgan fingerprint density at radius 3 is 3.31 bits per heavy atom. The molecule has 5 nitrogen and oxygen atoms in total. The number of nitrogens with two attached hydrogens (primary N) is 1. The minimum atomic E-state index is -0.454. The lowest BCUT2D eigenvalue weighted by molar-refractivity contribution is -0.119. The molecule has 2 aliphatic rings. The zero-order valence-electron chi connectivity index (χ0n) is 7.40. The van der Waals surface area contributed by atoms with Gasteiger partial charge in [0.25, 0.3) is 0 Å². The van der Waals surface area contributed by atoms with Gasteiger partial charge in [0.1, 0.15) is 6.04 Å². The maximum Gasteiger partial charge on any atom is 0.244 e. The number of dihydropyridines is 1. The molecule has 0 radical (unpaired) electrons. The molecule has 1 fully saturated rings. The summed E-state index contributed by atoms with van der Waals surface area (Å²) in [4.78, 5) is 17.1. The highest BCUT2D eigenvalue weighted by atomic mass is 16.1. The SMILES string of the molecule is CN1CNC2C1=CC=NC2C(N)=O. The number of hydrogen-bond acceptors (Lipinski definition) is 4. The van der Waals surface area contributed by atoms with E-state index in [0.717, 1.165) is 12.4 Å². The van der Waals surface area contributed by atoms with Gasteiger partial charge in [0, 0.05) is 19.0 Å². The van der Waals surface area contributed by atoms with Crippen molar-refractivity contribution in [1.29, 1.82) is 0 Å². The molecule has 2 rings (SSSR count). The Labute approximate surface area is 76.3 Å². The van der Waals surface area contributed by atoms with E-state index >= 15 is 0 Å². The highest BCUT2D eigenvalue weighted by Crippen LogP contribution is 2.20. The summed E-state index contributed by atoms with van der Waals surface area (Å²) >= 11 is 0. The highest BCUT2D eigenvalue weighted by Gasteiger charge is 2.35. The van der Waals surface area contributed by atoms with E-state index < -0.39 is 6.04 Å². The third-order valence-electron chi connectivity index (χ3n) is 2.41. The lowest BCUT2D eigenvalue weighted by Gasteiger charge is -2.22. The maximum absolute atomic E-state index is 11.0. The first-order valence-electron chi connectivity index (χ1n) is 4.17. The predicted molar refractivity (Wildman–Crippen MR) is 49.1 cm³/mol. The van der Waals surface area contributed by atoms with Crippen LogP contribution in [0.25, 0.3) is 0 Å². The van der Waals surface area contributed by atoms with E-state index in [0.29, 0.717) is 0 Å². The second-order valence-electron chi connectivity index (χ2n) is 3.27. The standard InChI is InChI=1S/C8H12N4O/c1-12-4-11-6-5(12)2-3-10-7(6)8(9)13/h2-3,6-7,11H,4H2,1H3,(H2,9,13). The van der Waals surface area contributed by atoms with Crippen LogP contribution in [0.5, 0.6) is 0 Å². The summed E-state index contributed by atoms with van der Waals surface area (Å²) in [5.74, 6) is -0.380. The lowest BCUT2D eigenvalue weighted by atomic mass is 10.0. The summed E-state index contributed by atoms with van der Waals surface area (Å²) in [7, 11) is 1.97. The van der Waals surface area contributed by atoms with Crippen LogP contribution in [0.1, 0.15) is 0 Å². The molecule has 0 aliphatic carbocycles. The summed E-state index contributed by atoms with van der Waals surface area (Å²) in [6.45, 7) is 0.740. The second kappa shape index (κ2) is 2.85. The van der Waals surface area contributed by atoms with Crippen LogP contribution >= 0.6 is 0 Å². The molecule has 2 atom stereocenters. The molecule has 0 spiro atoms. The van der Waals surface area contributed by atoms with E-state index in [1.165, 1.54) is 0 Å². The number of hydrogen-bond donors (Lipinski definition) is 2. The van der Waals surface area contributed by atoms with Crippen LogP contribution in [-0.4, -0.2) is 42.8 Å². The first-order valence-corrected chi connectivity index (χ1v) is 4.17. The summed E-state index contributed by atoms with van der Waals surface area (Å²) in [6.07, 6.45) is 3.55. The van der Waals surface area contributed by atoms with Gasteiger partial charge in [-0.25, -0.2) is 0 Å². The number of nitrogens with one attached hydrogen (secondary N) is 1. The van der Waals surface area contributed by atoms with Crippen molar-refractivity contribution >= 4 is 12.1 Å². The number of allylic oxidation sites excluding steroid dienone is 1. The summed E-state index contributed by atoms with van der Waals surface area (Å²) < 4.78 is 0. The minimum absolute atomic E-state index is 0.0347. The molecule has 2 unspecified atom stereocenters. The summed E-state index contributed by atoms with van der Waals surface area (Å²) in [5, 5.41) is 3.18. The molecule has 5 heteroatoms. The van der Waals surface area contributed by atoms with Gasteiger partial charge in [-0.05, 0) is 6.08 Å². The van der Waals surface area contributed by atoms with Crippen molar-refractivity contribution in [3.8, 4) is 0 Å². The van der Waals surface area contributed by atoms with Crippen molar-refractivity contribution in [2.45, 2.75) is 12.1 Å². The van der Waals surface area contributed by atoms with Crippen molar-refractivity contribution in [2.24, 2.45) is 10.7 Å². The van der Waals surface area contributed by atoms with Crippen LogP contribution in [-0.2, 0) is 4.79 Å². The molecule has 13 heavy (non-hydrogen) atoms. The van der Waals surface area contributed by atoms with Crippen molar-refractivity contribution in [3.63, 3.8) is 0 Å². The molecule has 2 aliphatic heterocycles. The van der Waals surface area contributed by atoms with Gasteiger partial charge in [0.2, 0.25) is 5.91 Å². The molecule has 0 aromatic carbocycles. The highest BCUT2D eigenvalue weighted by molar-refractivity contribution is 5.87. The van der Waals surface area contributed by atoms with E-state index in [9.17, 15) is 4.79 Å². The number of amides is 1. The van der Waals surface area contributed by atoms with Gasteiger partial charge < -0.3 is 10.6 Å².